The number of furan rings is 3. The summed E-state index contributed by atoms with van der Waals surface area (Å²) in [7, 11) is 0. The molecule has 17 aromatic carbocycles. The Balaban J connectivity index is 0.682. The van der Waals surface area contributed by atoms with Crippen molar-refractivity contribution in [1.29, 1.82) is 0 Å². The lowest BCUT2D eigenvalue weighted by atomic mass is 9.88. The van der Waals surface area contributed by atoms with Gasteiger partial charge in [-0.1, -0.05) is 200 Å². The van der Waals surface area contributed by atoms with Crippen LogP contribution in [0.5, 0.6) is 0 Å². The molecule has 6 nitrogen and oxygen atoms in total. The fourth-order valence-corrected chi connectivity index (χ4v) is 17.5. The molecular weight excluding hydrogens is 1290 g/mol. The zero-order chi connectivity index (χ0) is 69.2. The van der Waals surface area contributed by atoms with E-state index in [0.717, 1.165) is 188 Å². The predicted octanol–water partition coefficient (Wildman–Crippen LogP) is 27.8. The molecule has 0 unspecified atom stereocenters. The summed E-state index contributed by atoms with van der Waals surface area (Å²) in [6, 6.07) is 131. The highest BCUT2D eigenvalue weighted by Gasteiger charge is 2.23. The standard InChI is InChI=1S/C100H59N3O3/c1-7-31-89-74(24-1)83-52-60(63-40-46-98-86(55-63)77-27-4-10-34-95(77)104-98)37-43-92(83)101(89)70-21-13-17-66(49-70)73-30-16-20-69-58-80(67-18-14-22-71(50-67)102-90-32-8-2-25-75(90)84-53-61(38-44-93(84)102)64-41-47-99-87(56-64)78-28-5-11-35-96(78)105-99)82(59-81(69)73)68-19-15-23-72(51-68)103-91-33-9-3-26-76(91)85-54-62(39-45-94(85)103)65-42-48-100-88(57-65)79-29-6-12-36-97(79)106-100/h1-59H. The first kappa shape index (κ1) is 58.4. The fourth-order valence-electron chi connectivity index (χ4n) is 17.5. The van der Waals surface area contributed by atoms with Crippen LogP contribution in [0, 0.1) is 0 Å². The summed E-state index contributed by atoms with van der Waals surface area (Å²) in [4.78, 5) is 0. The first-order valence-corrected chi connectivity index (χ1v) is 36.2. The molecule has 0 spiro atoms. The maximum Gasteiger partial charge on any atom is 0.135 e. The lowest BCUT2D eigenvalue weighted by Crippen LogP contribution is -1.97. The van der Waals surface area contributed by atoms with E-state index in [1.807, 2.05) is 36.4 Å². The van der Waals surface area contributed by atoms with Crippen molar-refractivity contribution in [2.45, 2.75) is 0 Å². The van der Waals surface area contributed by atoms with Crippen LogP contribution in [0.1, 0.15) is 0 Å². The fraction of sp³-hybridized carbons (Fsp3) is 0. The average Bonchev–Trinajstić information content (AvgIpc) is 1.60. The van der Waals surface area contributed by atoms with Crippen LogP contribution in [0.15, 0.2) is 371 Å². The molecule has 23 aromatic rings. The van der Waals surface area contributed by atoms with E-state index in [2.05, 4.69) is 335 Å². The van der Waals surface area contributed by atoms with E-state index in [9.17, 15) is 0 Å². The molecular formula is C100H59N3O3. The van der Waals surface area contributed by atoms with Crippen molar-refractivity contribution in [3.05, 3.63) is 358 Å². The summed E-state index contributed by atoms with van der Waals surface area (Å²) in [5, 5.41) is 16.2. The monoisotopic (exact) mass is 1350 g/mol. The molecule has 0 amide bonds. The summed E-state index contributed by atoms with van der Waals surface area (Å²) in [5.41, 5.74) is 29.2. The second-order valence-electron chi connectivity index (χ2n) is 28.3. The lowest BCUT2D eigenvalue weighted by Gasteiger charge is -2.18. The molecule has 0 aliphatic carbocycles. The topological polar surface area (TPSA) is 54.2 Å². The Bertz CT molecular complexity index is 7670. The van der Waals surface area contributed by atoms with Crippen molar-refractivity contribution in [2.75, 3.05) is 0 Å². The molecule has 0 fully saturated rings. The second kappa shape index (κ2) is 22.6. The van der Waals surface area contributed by atoms with Gasteiger partial charge in [0, 0.05) is 81.7 Å². The van der Waals surface area contributed by atoms with Crippen LogP contribution in [0.4, 0.5) is 0 Å². The number of nitrogens with zero attached hydrogens (tertiary/aromatic N) is 3. The third-order valence-corrected chi connectivity index (χ3v) is 22.4. The molecule has 0 aliphatic rings. The van der Waals surface area contributed by atoms with E-state index in [4.69, 9.17) is 13.3 Å². The number of aromatic nitrogens is 3. The zero-order valence-electron chi connectivity index (χ0n) is 57.1. The van der Waals surface area contributed by atoms with E-state index in [1.54, 1.807) is 0 Å². The van der Waals surface area contributed by atoms with Gasteiger partial charge in [-0.05, 0) is 235 Å². The van der Waals surface area contributed by atoms with Crippen molar-refractivity contribution >= 4 is 142 Å². The first-order valence-electron chi connectivity index (χ1n) is 36.2. The van der Waals surface area contributed by atoms with Crippen LogP contribution < -0.4 is 0 Å². The summed E-state index contributed by atoms with van der Waals surface area (Å²) in [5.74, 6) is 0. The minimum absolute atomic E-state index is 0.892. The molecule has 6 heteroatoms. The van der Waals surface area contributed by atoms with Gasteiger partial charge in [0.15, 0.2) is 0 Å². The highest BCUT2D eigenvalue weighted by molar-refractivity contribution is 6.16. The molecule has 0 atom stereocenters. The van der Waals surface area contributed by atoms with Gasteiger partial charge in [0.25, 0.3) is 0 Å². The van der Waals surface area contributed by atoms with E-state index in [-0.39, 0.29) is 0 Å². The smallest absolute Gasteiger partial charge is 0.135 e. The van der Waals surface area contributed by atoms with Gasteiger partial charge in [-0.15, -0.1) is 0 Å². The number of rotatable bonds is 9. The molecule has 106 heavy (non-hydrogen) atoms. The van der Waals surface area contributed by atoms with Crippen molar-refractivity contribution in [3.63, 3.8) is 0 Å². The van der Waals surface area contributed by atoms with E-state index < -0.39 is 0 Å². The summed E-state index contributed by atoms with van der Waals surface area (Å²) < 4.78 is 26.1. The molecule has 6 heterocycles. The molecule has 0 aliphatic heterocycles. The molecule has 0 bridgehead atoms. The normalized spacial score (nSPS) is 12.2. The number of hydrogen-bond acceptors (Lipinski definition) is 3. The third-order valence-electron chi connectivity index (χ3n) is 22.4. The molecule has 23 rings (SSSR count). The molecule has 0 saturated carbocycles. The molecule has 0 saturated heterocycles. The van der Waals surface area contributed by atoms with Crippen molar-refractivity contribution in [3.8, 4) is 83.8 Å². The minimum atomic E-state index is 0.892. The Morgan fingerprint density at radius 2 is 0.443 bits per heavy atom. The Hall–Kier alpha value is -14.2. The first-order chi connectivity index (χ1) is 52.5. The summed E-state index contributed by atoms with van der Waals surface area (Å²) in [6.07, 6.45) is 0. The van der Waals surface area contributed by atoms with Gasteiger partial charge in [0.1, 0.15) is 33.5 Å². The van der Waals surface area contributed by atoms with Gasteiger partial charge in [-0.25, -0.2) is 0 Å². The summed E-state index contributed by atoms with van der Waals surface area (Å²) in [6.45, 7) is 0. The van der Waals surface area contributed by atoms with Crippen LogP contribution in [-0.2, 0) is 0 Å². The van der Waals surface area contributed by atoms with E-state index >= 15 is 0 Å². The Morgan fingerprint density at radius 1 is 0.151 bits per heavy atom. The summed E-state index contributed by atoms with van der Waals surface area (Å²) >= 11 is 0. The third kappa shape index (κ3) is 8.92. The Labute approximate surface area is 606 Å². The molecule has 0 N–H and O–H groups in total. The molecule has 6 aromatic heterocycles. The minimum Gasteiger partial charge on any atom is -0.456 e. The van der Waals surface area contributed by atoms with Gasteiger partial charge in [0.2, 0.25) is 0 Å². The zero-order valence-corrected chi connectivity index (χ0v) is 57.1. The van der Waals surface area contributed by atoms with Gasteiger partial charge < -0.3 is 27.0 Å². The SMILES string of the molecule is c1cc(-c2cc3cccc(-c4cccc(-n5c6ccccc6c6cc(-c7ccc8oc9ccccc9c8c7)ccc65)c4)c3cc2-c2cccc(-n3c4ccccc4c4cc(-c5ccc6oc7ccccc7c6c5)ccc43)c2)cc(-n2c3ccccc3c3cc(-c4ccc5oc6ccccc6c5c4)ccc32)c1. The van der Waals surface area contributed by atoms with Gasteiger partial charge in [-0.2, -0.15) is 0 Å². The second-order valence-corrected chi connectivity index (χ2v) is 28.3. The Morgan fingerprint density at radius 3 is 0.830 bits per heavy atom. The highest BCUT2D eigenvalue weighted by Crippen LogP contribution is 2.46. The van der Waals surface area contributed by atoms with Crippen molar-refractivity contribution in [2.24, 2.45) is 0 Å². The molecule has 492 valence electrons. The largest absolute Gasteiger partial charge is 0.456 e. The molecule has 0 radical (unpaired) electrons. The van der Waals surface area contributed by atoms with Crippen LogP contribution in [0.2, 0.25) is 0 Å². The average molecular weight is 1350 g/mol. The maximum absolute atomic E-state index is 6.28. The Kier molecular flexibility index (Phi) is 12.5. The van der Waals surface area contributed by atoms with Crippen LogP contribution >= 0.6 is 0 Å². The van der Waals surface area contributed by atoms with Crippen molar-refractivity contribution in [1.82, 2.24) is 13.7 Å². The van der Waals surface area contributed by atoms with E-state index in [1.165, 1.54) is 37.7 Å². The van der Waals surface area contributed by atoms with Gasteiger partial charge in [-0.3, -0.25) is 0 Å². The van der Waals surface area contributed by atoms with Crippen LogP contribution in [0.3, 0.4) is 0 Å². The van der Waals surface area contributed by atoms with Crippen LogP contribution in [-0.4, -0.2) is 13.7 Å². The maximum atomic E-state index is 6.28. The van der Waals surface area contributed by atoms with Gasteiger partial charge in [0.05, 0.1) is 33.1 Å². The predicted molar refractivity (Wildman–Crippen MR) is 441 cm³/mol. The number of benzene rings is 17. The van der Waals surface area contributed by atoms with Crippen LogP contribution in [0.25, 0.3) is 226 Å². The number of para-hydroxylation sites is 6. The van der Waals surface area contributed by atoms with Crippen molar-refractivity contribution < 1.29 is 13.3 Å². The van der Waals surface area contributed by atoms with Gasteiger partial charge >= 0.3 is 0 Å². The number of hydrogen-bond donors (Lipinski definition) is 0. The number of fused-ring (bicyclic) bond motifs is 19. The quantitative estimate of drug-likeness (QED) is 0.145. The highest BCUT2D eigenvalue weighted by atomic mass is 16.3. The van der Waals surface area contributed by atoms with E-state index in [0.29, 0.717) is 0 Å². The lowest BCUT2D eigenvalue weighted by molar-refractivity contribution is 0.668.